The van der Waals surface area contributed by atoms with Crippen LogP contribution in [0.25, 0.3) is 5.57 Å². The summed E-state index contributed by atoms with van der Waals surface area (Å²) >= 11 is 0. The van der Waals surface area contributed by atoms with Crippen molar-refractivity contribution in [2.75, 3.05) is 0 Å². The topological polar surface area (TPSA) is 86.4 Å². The lowest BCUT2D eigenvalue weighted by molar-refractivity contribution is -0.118. The average Bonchev–Trinajstić information content (AvgIpc) is 2.98. The summed E-state index contributed by atoms with van der Waals surface area (Å²) in [5.74, 6) is -0.563. The lowest BCUT2D eigenvalue weighted by Crippen LogP contribution is -2.25. The number of rotatable bonds is 5. The fourth-order valence-corrected chi connectivity index (χ4v) is 3.03. The standard InChI is InChI=1S/C20H22N4O/c21-20(22)23-19(25)14-24-17(13-15-7-3-1-4-8-15)11-12-18(24)16-9-5-2-6-10-16/h1,3-5,7-12H,2,6,13-14H2,(H4,21,22,23,25). The van der Waals surface area contributed by atoms with Crippen LogP contribution in [0.1, 0.15) is 29.8 Å². The number of benzene rings is 1. The van der Waals surface area contributed by atoms with E-state index >= 15 is 0 Å². The summed E-state index contributed by atoms with van der Waals surface area (Å²) in [6, 6.07) is 14.3. The number of guanidine groups is 1. The molecule has 0 radical (unpaired) electrons. The van der Waals surface area contributed by atoms with E-state index in [1.807, 2.05) is 22.8 Å². The summed E-state index contributed by atoms with van der Waals surface area (Å²) in [4.78, 5) is 15.8. The lowest BCUT2D eigenvalue weighted by atomic mass is 10.0. The maximum Gasteiger partial charge on any atom is 0.268 e. The fourth-order valence-electron chi connectivity index (χ4n) is 3.03. The quantitative estimate of drug-likeness (QED) is 0.651. The molecule has 0 fully saturated rings. The van der Waals surface area contributed by atoms with Crippen molar-refractivity contribution in [3.63, 3.8) is 0 Å². The van der Waals surface area contributed by atoms with Gasteiger partial charge < -0.3 is 16.0 Å². The molecular formula is C20H22N4O. The number of amides is 1. The van der Waals surface area contributed by atoms with Gasteiger partial charge in [0, 0.05) is 17.8 Å². The molecule has 5 nitrogen and oxygen atoms in total. The van der Waals surface area contributed by atoms with Crippen molar-refractivity contribution in [1.82, 2.24) is 4.57 Å². The fraction of sp³-hybridized carbons (Fsp3) is 0.200. The Kier molecular flexibility index (Phi) is 5.14. The Morgan fingerprint density at radius 3 is 2.56 bits per heavy atom. The molecule has 1 amide bonds. The molecule has 1 aliphatic rings. The van der Waals surface area contributed by atoms with Gasteiger partial charge in [-0.2, -0.15) is 4.99 Å². The van der Waals surface area contributed by atoms with Gasteiger partial charge in [-0.1, -0.05) is 48.6 Å². The molecule has 0 aliphatic heterocycles. The van der Waals surface area contributed by atoms with E-state index < -0.39 is 0 Å². The van der Waals surface area contributed by atoms with Crippen LogP contribution in [0.3, 0.4) is 0 Å². The molecule has 0 atom stereocenters. The highest BCUT2D eigenvalue weighted by Gasteiger charge is 2.15. The predicted molar refractivity (Wildman–Crippen MR) is 101 cm³/mol. The Hall–Kier alpha value is -3.08. The Labute approximate surface area is 147 Å². The molecule has 1 heterocycles. The van der Waals surface area contributed by atoms with Crippen molar-refractivity contribution in [3.8, 4) is 0 Å². The van der Waals surface area contributed by atoms with Crippen molar-refractivity contribution >= 4 is 17.4 Å². The van der Waals surface area contributed by atoms with E-state index in [9.17, 15) is 4.79 Å². The minimum Gasteiger partial charge on any atom is -0.370 e. The summed E-state index contributed by atoms with van der Waals surface area (Å²) in [7, 11) is 0. The predicted octanol–water partition coefficient (Wildman–Crippen LogP) is 2.61. The number of hydrogen-bond donors (Lipinski definition) is 2. The second-order valence-corrected chi connectivity index (χ2v) is 6.03. The molecule has 128 valence electrons. The zero-order chi connectivity index (χ0) is 17.6. The molecule has 0 saturated heterocycles. The third-order valence-corrected chi connectivity index (χ3v) is 4.14. The van der Waals surface area contributed by atoms with Gasteiger partial charge >= 0.3 is 0 Å². The first-order valence-corrected chi connectivity index (χ1v) is 8.35. The molecule has 1 aliphatic carbocycles. The molecular weight excluding hydrogens is 312 g/mol. The van der Waals surface area contributed by atoms with Crippen LogP contribution >= 0.6 is 0 Å². The Balaban J connectivity index is 1.95. The number of hydrogen-bond acceptors (Lipinski definition) is 1. The van der Waals surface area contributed by atoms with Crippen LogP contribution in [0.2, 0.25) is 0 Å². The van der Waals surface area contributed by atoms with Crippen molar-refractivity contribution in [2.45, 2.75) is 25.8 Å². The van der Waals surface area contributed by atoms with Gasteiger partial charge in [0.1, 0.15) is 6.54 Å². The number of allylic oxidation sites excluding steroid dienone is 4. The summed E-state index contributed by atoms with van der Waals surface area (Å²) in [6.07, 6.45) is 9.26. The highest BCUT2D eigenvalue weighted by Crippen LogP contribution is 2.25. The Bertz CT molecular complexity index is 840. The molecule has 0 unspecified atom stereocenters. The third-order valence-electron chi connectivity index (χ3n) is 4.14. The van der Waals surface area contributed by atoms with Crippen molar-refractivity contribution in [2.24, 2.45) is 16.5 Å². The smallest absolute Gasteiger partial charge is 0.268 e. The zero-order valence-electron chi connectivity index (χ0n) is 14.1. The molecule has 3 rings (SSSR count). The van der Waals surface area contributed by atoms with Gasteiger partial charge in [-0.25, -0.2) is 0 Å². The maximum absolute atomic E-state index is 12.2. The van der Waals surface area contributed by atoms with Crippen LogP contribution in [0, 0.1) is 0 Å². The van der Waals surface area contributed by atoms with Gasteiger partial charge in [0.05, 0.1) is 0 Å². The highest BCUT2D eigenvalue weighted by molar-refractivity contribution is 5.91. The zero-order valence-corrected chi connectivity index (χ0v) is 14.1. The summed E-state index contributed by atoms with van der Waals surface area (Å²) in [5.41, 5.74) is 15.1. The first-order chi connectivity index (χ1) is 12.1. The van der Waals surface area contributed by atoms with E-state index in [0.29, 0.717) is 0 Å². The van der Waals surface area contributed by atoms with Gasteiger partial charge in [0.2, 0.25) is 0 Å². The number of nitrogens with two attached hydrogens (primary N) is 2. The molecule has 0 saturated carbocycles. The van der Waals surface area contributed by atoms with Gasteiger partial charge in [-0.3, -0.25) is 4.79 Å². The van der Waals surface area contributed by atoms with E-state index in [1.165, 1.54) is 5.56 Å². The summed E-state index contributed by atoms with van der Waals surface area (Å²) in [6.45, 7) is 0.119. The van der Waals surface area contributed by atoms with Gasteiger partial charge in [0.25, 0.3) is 5.91 Å². The summed E-state index contributed by atoms with van der Waals surface area (Å²) < 4.78 is 2.00. The van der Waals surface area contributed by atoms with Crippen LogP contribution < -0.4 is 11.5 Å². The molecule has 0 spiro atoms. The Morgan fingerprint density at radius 1 is 1.08 bits per heavy atom. The van der Waals surface area contributed by atoms with E-state index in [4.69, 9.17) is 11.5 Å². The van der Waals surface area contributed by atoms with Crippen LogP contribution in [-0.4, -0.2) is 16.4 Å². The maximum atomic E-state index is 12.2. The van der Waals surface area contributed by atoms with E-state index in [-0.39, 0.29) is 18.4 Å². The van der Waals surface area contributed by atoms with Gasteiger partial charge in [0.15, 0.2) is 5.96 Å². The molecule has 1 aromatic heterocycles. The molecule has 25 heavy (non-hydrogen) atoms. The van der Waals surface area contributed by atoms with Crippen molar-refractivity contribution in [3.05, 3.63) is 77.6 Å². The summed E-state index contributed by atoms with van der Waals surface area (Å²) in [5, 5.41) is 0. The van der Waals surface area contributed by atoms with Crippen LogP contribution in [0.15, 0.2) is 65.7 Å². The third kappa shape index (κ3) is 4.26. The number of carbonyl (C=O) groups is 1. The van der Waals surface area contributed by atoms with Crippen LogP contribution in [0.4, 0.5) is 0 Å². The highest BCUT2D eigenvalue weighted by atomic mass is 16.1. The second-order valence-electron chi connectivity index (χ2n) is 6.03. The van der Waals surface area contributed by atoms with Crippen molar-refractivity contribution in [1.29, 1.82) is 0 Å². The van der Waals surface area contributed by atoms with Gasteiger partial charge in [-0.15, -0.1) is 0 Å². The molecule has 5 heteroatoms. The molecule has 1 aromatic carbocycles. The normalized spacial score (nSPS) is 13.4. The number of carbonyl (C=O) groups excluding carboxylic acids is 1. The lowest BCUT2D eigenvalue weighted by Gasteiger charge is -2.14. The SMILES string of the molecule is NC(N)=NC(=O)Cn1c(Cc2ccccc2)ccc1C1=CCCC=C1. The minimum absolute atomic E-state index is 0.119. The van der Waals surface area contributed by atoms with Crippen LogP contribution in [0.5, 0.6) is 0 Å². The minimum atomic E-state index is -0.354. The van der Waals surface area contributed by atoms with Gasteiger partial charge in [-0.05, 0) is 36.1 Å². The number of nitrogens with zero attached hydrogens (tertiary/aromatic N) is 2. The van der Waals surface area contributed by atoms with E-state index in [2.05, 4.69) is 47.5 Å². The average molecular weight is 334 g/mol. The Morgan fingerprint density at radius 2 is 1.88 bits per heavy atom. The molecule has 2 aromatic rings. The molecule has 0 bridgehead atoms. The first-order valence-electron chi connectivity index (χ1n) is 8.35. The second kappa shape index (κ2) is 7.66. The number of aromatic nitrogens is 1. The van der Waals surface area contributed by atoms with Crippen LogP contribution in [-0.2, 0) is 17.8 Å². The largest absolute Gasteiger partial charge is 0.370 e. The number of aliphatic imine (C=N–C) groups is 1. The first kappa shape index (κ1) is 16.8. The van der Waals surface area contributed by atoms with E-state index in [0.717, 1.165) is 36.2 Å². The van der Waals surface area contributed by atoms with E-state index in [1.54, 1.807) is 0 Å². The molecule has 4 N–H and O–H groups in total. The van der Waals surface area contributed by atoms with Crippen molar-refractivity contribution < 1.29 is 4.79 Å². The monoisotopic (exact) mass is 334 g/mol.